The van der Waals surface area contributed by atoms with Gasteiger partial charge in [-0.2, -0.15) is 0 Å². The van der Waals surface area contributed by atoms with Crippen LogP contribution in [0.3, 0.4) is 0 Å². The number of piperidine rings is 1. The van der Waals surface area contributed by atoms with E-state index in [1.165, 1.54) is 0 Å². The van der Waals surface area contributed by atoms with Gasteiger partial charge in [-0.1, -0.05) is 40.2 Å². The van der Waals surface area contributed by atoms with Crippen LogP contribution in [0.25, 0.3) is 16.7 Å². The van der Waals surface area contributed by atoms with Crippen molar-refractivity contribution in [1.29, 1.82) is 0 Å². The number of rotatable bonds is 6. The van der Waals surface area contributed by atoms with Gasteiger partial charge in [0.15, 0.2) is 0 Å². The van der Waals surface area contributed by atoms with Crippen LogP contribution in [0.2, 0.25) is 0 Å². The van der Waals surface area contributed by atoms with E-state index >= 15 is 0 Å². The summed E-state index contributed by atoms with van der Waals surface area (Å²) in [6.45, 7) is 5.82. The average Bonchev–Trinajstić information content (AvgIpc) is 3.35. The summed E-state index contributed by atoms with van der Waals surface area (Å²) in [5.74, 6) is 2.33. The number of carbonyl (C=O) groups is 1. The van der Waals surface area contributed by atoms with E-state index < -0.39 is 0 Å². The van der Waals surface area contributed by atoms with Crippen LogP contribution in [-0.2, 0) is 11.3 Å². The molecule has 2 fully saturated rings. The van der Waals surface area contributed by atoms with Crippen molar-refractivity contribution >= 4 is 38.6 Å². The number of ether oxygens (including phenoxy) is 1. The number of para-hydroxylation sites is 2. The lowest BCUT2D eigenvalue weighted by atomic mass is 9.95. The van der Waals surface area contributed by atoms with Gasteiger partial charge in [0.1, 0.15) is 11.6 Å². The van der Waals surface area contributed by atoms with Crippen LogP contribution < -0.4 is 9.64 Å². The summed E-state index contributed by atoms with van der Waals surface area (Å²) >= 11 is 3.62. The number of hydrogen-bond acceptors (Lipinski definition) is 5. The van der Waals surface area contributed by atoms with E-state index in [-0.39, 0.29) is 5.92 Å². The molecule has 1 amide bonds. The minimum atomic E-state index is 0.105. The zero-order chi connectivity index (χ0) is 26.8. The summed E-state index contributed by atoms with van der Waals surface area (Å²) in [5, 5.41) is 0. The Bertz CT molecular complexity index is 1450. The summed E-state index contributed by atoms with van der Waals surface area (Å²) in [4.78, 5) is 25.3. The highest BCUT2D eigenvalue weighted by molar-refractivity contribution is 9.10. The van der Waals surface area contributed by atoms with Gasteiger partial charge >= 0.3 is 0 Å². The van der Waals surface area contributed by atoms with E-state index in [4.69, 9.17) is 9.72 Å². The third kappa shape index (κ3) is 5.54. The molecule has 2 saturated heterocycles. The molecular weight excluding hydrogens is 554 g/mol. The highest BCUT2D eigenvalue weighted by atomic mass is 79.9. The Morgan fingerprint density at radius 1 is 0.897 bits per heavy atom. The van der Waals surface area contributed by atoms with Gasteiger partial charge in [-0.15, -0.1) is 0 Å². The summed E-state index contributed by atoms with van der Waals surface area (Å²) in [7, 11) is 1.69. The maximum atomic E-state index is 13.4. The van der Waals surface area contributed by atoms with Crippen LogP contribution in [0.5, 0.6) is 5.75 Å². The number of piperazine rings is 1. The average molecular weight is 589 g/mol. The van der Waals surface area contributed by atoms with E-state index in [9.17, 15) is 4.79 Å². The van der Waals surface area contributed by atoms with Crippen LogP contribution in [0, 0.1) is 5.92 Å². The van der Waals surface area contributed by atoms with Gasteiger partial charge in [0, 0.05) is 54.0 Å². The van der Waals surface area contributed by atoms with Crippen molar-refractivity contribution in [3.63, 3.8) is 0 Å². The van der Waals surface area contributed by atoms with Crippen molar-refractivity contribution in [2.45, 2.75) is 19.4 Å². The maximum Gasteiger partial charge on any atom is 0.225 e. The fourth-order valence-electron chi connectivity index (χ4n) is 5.87. The SMILES string of the molecule is COc1cccc(N2CCN(C(=O)C3CCN(Cc4nc5ccccc5n4-c4cccc(Br)c4)CC3)CC2)c1. The largest absolute Gasteiger partial charge is 0.497 e. The van der Waals surface area contributed by atoms with Gasteiger partial charge in [0.25, 0.3) is 0 Å². The molecule has 3 aromatic carbocycles. The molecule has 0 aliphatic carbocycles. The number of anilines is 1. The summed E-state index contributed by atoms with van der Waals surface area (Å²) in [6, 6.07) is 24.8. The molecule has 4 aromatic rings. The van der Waals surface area contributed by atoms with Crippen molar-refractivity contribution in [1.82, 2.24) is 19.4 Å². The molecule has 0 radical (unpaired) electrons. The molecule has 0 spiro atoms. The Morgan fingerprint density at radius 3 is 2.41 bits per heavy atom. The molecule has 39 heavy (non-hydrogen) atoms. The Hall–Kier alpha value is -3.36. The standard InChI is InChI=1S/C31H34BrN5O2/c1-39-27-9-5-7-25(21-27)35-16-18-36(19-17-35)31(38)23-12-14-34(15-13-23)22-30-33-28-10-2-3-11-29(28)37(30)26-8-4-6-24(32)20-26/h2-11,20-21,23H,12-19,22H2,1H3. The topological polar surface area (TPSA) is 53.8 Å². The quantitative estimate of drug-likeness (QED) is 0.304. The van der Waals surface area contributed by atoms with Crippen LogP contribution in [-0.4, -0.2) is 71.6 Å². The van der Waals surface area contributed by atoms with Gasteiger partial charge in [0.2, 0.25) is 5.91 Å². The van der Waals surface area contributed by atoms with Crippen LogP contribution >= 0.6 is 15.9 Å². The van der Waals surface area contributed by atoms with Crippen molar-refractivity contribution in [3.05, 3.63) is 83.1 Å². The number of carbonyl (C=O) groups excluding carboxylic acids is 1. The first-order valence-electron chi connectivity index (χ1n) is 13.7. The van der Waals surface area contributed by atoms with Crippen LogP contribution in [0.15, 0.2) is 77.3 Å². The van der Waals surface area contributed by atoms with Gasteiger partial charge in [-0.3, -0.25) is 14.3 Å². The summed E-state index contributed by atoms with van der Waals surface area (Å²) in [5.41, 5.74) is 4.38. The predicted octanol–water partition coefficient (Wildman–Crippen LogP) is 5.36. The number of nitrogens with zero attached hydrogens (tertiary/aromatic N) is 5. The van der Waals surface area contributed by atoms with Crippen LogP contribution in [0.4, 0.5) is 5.69 Å². The maximum absolute atomic E-state index is 13.4. The first-order valence-corrected chi connectivity index (χ1v) is 14.5. The monoisotopic (exact) mass is 587 g/mol. The number of fused-ring (bicyclic) bond motifs is 1. The number of methoxy groups -OCH3 is 1. The summed E-state index contributed by atoms with van der Waals surface area (Å²) < 4.78 is 8.69. The molecule has 8 heteroatoms. The molecule has 0 bridgehead atoms. The second-order valence-corrected chi connectivity index (χ2v) is 11.3. The number of amides is 1. The fourth-order valence-corrected chi connectivity index (χ4v) is 6.26. The smallest absolute Gasteiger partial charge is 0.225 e. The molecule has 202 valence electrons. The summed E-state index contributed by atoms with van der Waals surface area (Å²) in [6.07, 6.45) is 1.79. The van der Waals surface area contributed by atoms with Crippen molar-refractivity contribution in [2.24, 2.45) is 5.92 Å². The molecular formula is C31H34BrN5O2. The lowest BCUT2D eigenvalue weighted by molar-refractivity contribution is -0.137. The second-order valence-electron chi connectivity index (χ2n) is 10.4. The molecule has 6 rings (SSSR count). The minimum Gasteiger partial charge on any atom is -0.497 e. The Kier molecular flexibility index (Phi) is 7.57. The molecule has 1 aromatic heterocycles. The van der Waals surface area contributed by atoms with Gasteiger partial charge in [0.05, 0.1) is 24.7 Å². The molecule has 0 saturated carbocycles. The third-order valence-electron chi connectivity index (χ3n) is 8.01. The normalized spacial score (nSPS) is 17.1. The van der Waals surface area contributed by atoms with Gasteiger partial charge < -0.3 is 14.5 Å². The number of benzene rings is 3. The fraction of sp³-hybridized carbons (Fsp3) is 0.355. The number of hydrogen-bond donors (Lipinski definition) is 0. The zero-order valence-electron chi connectivity index (χ0n) is 22.3. The highest BCUT2D eigenvalue weighted by Gasteiger charge is 2.31. The molecule has 3 heterocycles. The number of halogens is 1. The lowest BCUT2D eigenvalue weighted by Crippen LogP contribution is -2.51. The first-order chi connectivity index (χ1) is 19.1. The Balaban J connectivity index is 1.07. The third-order valence-corrected chi connectivity index (χ3v) is 8.50. The van der Waals surface area contributed by atoms with E-state index in [0.717, 1.165) is 97.1 Å². The van der Waals surface area contributed by atoms with Crippen molar-refractivity contribution in [3.8, 4) is 11.4 Å². The molecule has 2 aliphatic rings. The van der Waals surface area contributed by atoms with E-state index in [0.29, 0.717) is 5.91 Å². The zero-order valence-corrected chi connectivity index (χ0v) is 23.9. The number of imidazole rings is 1. The van der Waals surface area contributed by atoms with Crippen molar-refractivity contribution in [2.75, 3.05) is 51.3 Å². The predicted molar refractivity (Wildman–Crippen MR) is 159 cm³/mol. The Morgan fingerprint density at radius 2 is 1.64 bits per heavy atom. The lowest BCUT2D eigenvalue weighted by Gasteiger charge is -2.39. The first kappa shape index (κ1) is 25.9. The highest BCUT2D eigenvalue weighted by Crippen LogP contribution is 2.28. The molecule has 0 N–H and O–H groups in total. The molecule has 0 unspecified atom stereocenters. The van der Waals surface area contributed by atoms with E-state index in [1.54, 1.807) is 7.11 Å². The molecule has 2 aliphatic heterocycles. The molecule has 0 atom stereocenters. The number of aromatic nitrogens is 2. The van der Waals surface area contributed by atoms with Crippen molar-refractivity contribution < 1.29 is 9.53 Å². The van der Waals surface area contributed by atoms with E-state index in [2.05, 4.69) is 83.7 Å². The van der Waals surface area contributed by atoms with Gasteiger partial charge in [-0.05, 0) is 68.4 Å². The Labute approximate surface area is 238 Å². The van der Waals surface area contributed by atoms with E-state index in [1.807, 2.05) is 24.3 Å². The number of likely N-dealkylation sites (tertiary alicyclic amines) is 1. The van der Waals surface area contributed by atoms with Crippen LogP contribution in [0.1, 0.15) is 18.7 Å². The second kappa shape index (κ2) is 11.4. The molecule has 7 nitrogen and oxygen atoms in total. The minimum absolute atomic E-state index is 0.105. The van der Waals surface area contributed by atoms with Gasteiger partial charge in [-0.25, -0.2) is 4.98 Å².